The molecule has 0 aliphatic heterocycles. The lowest BCUT2D eigenvalue weighted by atomic mass is 10.2. The molecule has 0 radical (unpaired) electrons. The Bertz CT molecular complexity index is 713. The minimum Gasteiger partial charge on any atom is -0.310 e. The van der Waals surface area contributed by atoms with E-state index in [1.165, 1.54) is 6.33 Å². The Hall–Kier alpha value is -1.62. The predicted molar refractivity (Wildman–Crippen MR) is 61.0 cm³/mol. The number of benzene rings is 1. The maximum absolute atomic E-state index is 11.5. The standard InChI is InChI=1S/C10H6BrN3O/c11-7-1-2-8-6(3-7)4-9-10(15)12-5-13-14(8)9/h1-5H,(H,12,13,15). The Kier molecular flexibility index (Phi) is 1.70. The summed E-state index contributed by atoms with van der Waals surface area (Å²) in [5, 5.41) is 5.10. The Morgan fingerprint density at radius 3 is 3.00 bits per heavy atom. The quantitative estimate of drug-likeness (QED) is 0.674. The fourth-order valence-corrected chi connectivity index (χ4v) is 2.06. The van der Waals surface area contributed by atoms with Gasteiger partial charge in [-0.3, -0.25) is 4.79 Å². The summed E-state index contributed by atoms with van der Waals surface area (Å²) < 4.78 is 2.63. The van der Waals surface area contributed by atoms with Crippen LogP contribution in [0.3, 0.4) is 0 Å². The van der Waals surface area contributed by atoms with Gasteiger partial charge in [-0.25, -0.2) is 4.52 Å². The van der Waals surface area contributed by atoms with Crippen LogP contribution in [0.2, 0.25) is 0 Å². The lowest BCUT2D eigenvalue weighted by molar-refractivity contribution is 0.914. The number of hydrogen-bond donors (Lipinski definition) is 1. The average Bonchev–Trinajstić information content (AvgIpc) is 2.57. The first kappa shape index (κ1) is 8.67. The maximum atomic E-state index is 11.5. The highest BCUT2D eigenvalue weighted by molar-refractivity contribution is 9.10. The van der Waals surface area contributed by atoms with Crippen molar-refractivity contribution in [2.24, 2.45) is 0 Å². The van der Waals surface area contributed by atoms with Gasteiger partial charge >= 0.3 is 0 Å². The average molecular weight is 264 g/mol. The van der Waals surface area contributed by atoms with Crippen molar-refractivity contribution >= 4 is 32.3 Å². The third kappa shape index (κ3) is 1.20. The summed E-state index contributed by atoms with van der Waals surface area (Å²) in [4.78, 5) is 14.1. The Balaban J connectivity index is 2.63. The number of aromatic amines is 1. The van der Waals surface area contributed by atoms with E-state index >= 15 is 0 Å². The molecule has 0 unspecified atom stereocenters. The number of nitrogens with zero attached hydrogens (tertiary/aromatic N) is 2. The molecule has 2 heterocycles. The van der Waals surface area contributed by atoms with Crippen molar-refractivity contribution in [3.63, 3.8) is 0 Å². The van der Waals surface area contributed by atoms with E-state index in [9.17, 15) is 4.79 Å². The number of nitrogens with one attached hydrogen (secondary N) is 1. The Labute approximate surface area is 92.7 Å². The molecule has 0 aliphatic carbocycles. The van der Waals surface area contributed by atoms with Gasteiger partial charge in [-0.1, -0.05) is 15.9 Å². The predicted octanol–water partition coefficient (Wildman–Crippen LogP) is 1.94. The second-order valence-corrected chi connectivity index (χ2v) is 4.18. The lowest BCUT2D eigenvalue weighted by Gasteiger charge is -1.94. The zero-order valence-corrected chi connectivity index (χ0v) is 9.15. The highest BCUT2D eigenvalue weighted by Crippen LogP contribution is 2.21. The molecule has 0 spiro atoms. The van der Waals surface area contributed by atoms with E-state index in [1.54, 1.807) is 4.52 Å². The van der Waals surface area contributed by atoms with Crippen LogP contribution in [0.1, 0.15) is 0 Å². The molecule has 1 N–H and O–H groups in total. The summed E-state index contributed by atoms with van der Waals surface area (Å²) in [7, 11) is 0. The molecule has 3 rings (SSSR count). The van der Waals surface area contributed by atoms with Gasteiger partial charge in [0.1, 0.15) is 11.8 Å². The summed E-state index contributed by atoms with van der Waals surface area (Å²) in [5.74, 6) is 0. The molecule has 0 saturated carbocycles. The van der Waals surface area contributed by atoms with E-state index in [-0.39, 0.29) is 5.56 Å². The van der Waals surface area contributed by atoms with Crippen LogP contribution < -0.4 is 5.56 Å². The molecule has 0 bridgehead atoms. The molecule has 74 valence electrons. The van der Waals surface area contributed by atoms with Crippen molar-refractivity contribution < 1.29 is 0 Å². The molecule has 5 heteroatoms. The van der Waals surface area contributed by atoms with Gasteiger partial charge in [-0.15, -0.1) is 0 Å². The highest BCUT2D eigenvalue weighted by atomic mass is 79.9. The van der Waals surface area contributed by atoms with Crippen molar-refractivity contribution in [2.75, 3.05) is 0 Å². The van der Waals surface area contributed by atoms with Gasteiger partial charge < -0.3 is 4.98 Å². The van der Waals surface area contributed by atoms with Crippen molar-refractivity contribution in [2.45, 2.75) is 0 Å². The smallest absolute Gasteiger partial charge is 0.275 e. The largest absolute Gasteiger partial charge is 0.310 e. The normalized spacial score (nSPS) is 11.3. The van der Waals surface area contributed by atoms with E-state index < -0.39 is 0 Å². The van der Waals surface area contributed by atoms with Crippen LogP contribution in [0, 0.1) is 0 Å². The van der Waals surface area contributed by atoms with Crippen LogP contribution in [-0.4, -0.2) is 14.6 Å². The summed E-state index contributed by atoms with van der Waals surface area (Å²) in [6.45, 7) is 0. The monoisotopic (exact) mass is 263 g/mol. The number of H-pyrrole nitrogens is 1. The zero-order chi connectivity index (χ0) is 10.4. The fourth-order valence-electron chi connectivity index (χ4n) is 1.68. The van der Waals surface area contributed by atoms with Crippen LogP contribution in [0.25, 0.3) is 16.4 Å². The first-order chi connectivity index (χ1) is 7.25. The van der Waals surface area contributed by atoms with E-state index in [0.717, 1.165) is 15.4 Å². The summed E-state index contributed by atoms with van der Waals surface area (Å²) in [6.07, 6.45) is 1.40. The molecule has 2 aromatic heterocycles. The molecule has 0 atom stereocenters. The van der Waals surface area contributed by atoms with Crippen LogP contribution in [0.4, 0.5) is 0 Å². The van der Waals surface area contributed by atoms with Gasteiger partial charge in [0.15, 0.2) is 0 Å². The van der Waals surface area contributed by atoms with Crippen LogP contribution in [-0.2, 0) is 0 Å². The summed E-state index contributed by atoms with van der Waals surface area (Å²) >= 11 is 3.39. The van der Waals surface area contributed by atoms with Gasteiger partial charge in [0.2, 0.25) is 0 Å². The molecule has 0 aliphatic rings. The highest BCUT2D eigenvalue weighted by Gasteiger charge is 2.05. The number of rotatable bonds is 0. The molecular formula is C10H6BrN3O. The molecular weight excluding hydrogens is 258 g/mol. The molecule has 0 amide bonds. The molecule has 0 saturated heterocycles. The van der Waals surface area contributed by atoms with E-state index in [2.05, 4.69) is 26.0 Å². The molecule has 1 aromatic carbocycles. The molecule has 3 aromatic rings. The number of fused-ring (bicyclic) bond motifs is 3. The van der Waals surface area contributed by atoms with Gasteiger partial charge in [-0.2, -0.15) is 5.10 Å². The minimum absolute atomic E-state index is 0.127. The first-order valence-corrected chi connectivity index (χ1v) is 5.20. The van der Waals surface area contributed by atoms with Crippen LogP contribution >= 0.6 is 15.9 Å². The van der Waals surface area contributed by atoms with Gasteiger partial charge in [0.05, 0.1) is 5.52 Å². The van der Waals surface area contributed by atoms with Gasteiger partial charge in [0, 0.05) is 9.86 Å². The van der Waals surface area contributed by atoms with E-state index in [4.69, 9.17) is 0 Å². The number of halogens is 1. The van der Waals surface area contributed by atoms with Gasteiger partial charge in [-0.05, 0) is 24.3 Å². The van der Waals surface area contributed by atoms with E-state index in [1.807, 2.05) is 24.3 Å². The van der Waals surface area contributed by atoms with Crippen LogP contribution in [0.15, 0.2) is 39.9 Å². The topological polar surface area (TPSA) is 50.2 Å². The third-order valence-corrected chi connectivity index (χ3v) is 2.83. The fraction of sp³-hybridized carbons (Fsp3) is 0. The maximum Gasteiger partial charge on any atom is 0.275 e. The second-order valence-electron chi connectivity index (χ2n) is 3.26. The first-order valence-electron chi connectivity index (χ1n) is 4.40. The Morgan fingerprint density at radius 2 is 2.13 bits per heavy atom. The molecule has 0 fully saturated rings. The van der Waals surface area contributed by atoms with Crippen molar-refractivity contribution in [1.29, 1.82) is 0 Å². The zero-order valence-electron chi connectivity index (χ0n) is 7.57. The van der Waals surface area contributed by atoms with Crippen LogP contribution in [0.5, 0.6) is 0 Å². The van der Waals surface area contributed by atoms with Crippen molar-refractivity contribution in [1.82, 2.24) is 14.6 Å². The SMILES string of the molecule is O=c1[nH]cnn2c1cc1cc(Br)ccc12. The third-order valence-electron chi connectivity index (χ3n) is 2.34. The number of hydrogen-bond acceptors (Lipinski definition) is 2. The molecule has 15 heavy (non-hydrogen) atoms. The summed E-state index contributed by atoms with van der Waals surface area (Å²) in [5.41, 5.74) is 1.36. The van der Waals surface area contributed by atoms with Gasteiger partial charge in [0.25, 0.3) is 5.56 Å². The second kappa shape index (κ2) is 2.93. The number of aromatic nitrogens is 3. The molecule has 4 nitrogen and oxygen atoms in total. The minimum atomic E-state index is -0.127. The summed E-state index contributed by atoms with van der Waals surface area (Å²) in [6, 6.07) is 7.64. The van der Waals surface area contributed by atoms with E-state index in [0.29, 0.717) is 5.52 Å². The van der Waals surface area contributed by atoms with Crippen molar-refractivity contribution in [3.8, 4) is 0 Å². The van der Waals surface area contributed by atoms with Crippen molar-refractivity contribution in [3.05, 3.63) is 45.4 Å². The Morgan fingerprint density at radius 1 is 1.27 bits per heavy atom. The lowest BCUT2D eigenvalue weighted by Crippen LogP contribution is -2.09.